The van der Waals surface area contributed by atoms with E-state index in [1.807, 2.05) is 24.3 Å². The first-order valence-electron chi connectivity index (χ1n) is 5.13. The van der Waals surface area contributed by atoms with E-state index in [0.29, 0.717) is 5.56 Å². The average molecular weight is 214 g/mol. The Kier molecular flexibility index (Phi) is 2.52. The number of carbonyl (C=O) groups excluding carboxylic acids is 1. The number of fused-ring (bicyclic) bond motifs is 1. The highest BCUT2D eigenvalue weighted by Gasteiger charge is 2.30. The van der Waals surface area contributed by atoms with E-state index in [0.717, 1.165) is 11.3 Å². The molecule has 2 unspecified atom stereocenters. The van der Waals surface area contributed by atoms with Gasteiger partial charge in [0.2, 0.25) is 0 Å². The summed E-state index contributed by atoms with van der Waals surface area (Å²) in [4.78, 5) is 11.3. The molecule has 1 aliphatic rings. The Labute approximate surface area is 94.7 Å². The zero-order valence-electron chi connectivity index (χ0n) is 8.94. The molecule has 0 aromatic heterocycles. The quantitative estimate of drug-likeness (QED) is 0.756. The van der Waals surface area contributed by atoms with Crippen LogP contribution in [0.25, 0.3) is 0 Å². The lowest BCUT2D eigenvalue weighted by Gasteiger charge is -2.11. The number of primary amides is 1. The lowest BCUT2D eigenvalue weighted by Crippen LogP contribution is -2.17. The first-order chi connectivity index (χ1) is 7.69. The third kappa shape index (κ3) is 1.41. The van der Waals surface area contributed by atoms with Crippen LogP contribution in [-0.2, 0) is 0 Å². The molecule has 0 fully saturated rings. The molecule has 0 spiro atoms. The molecule has 0 saturated carbocycles. The minimum absolute atomic E-state index is 0.0769. The van der Waals surface area contributed by atoms with Gasteiger partial charge >= 0.3 is 0 Å². The highest BCUT2D eigenvalue weighted by atomic mass is 16.1. The molecular weight excluding hydrogens is 200 g/mol. The maximum Gasteiger partial charge on any atom is 0.250 e. The summed E-state index contributed by atoms with van der Waals surface area (Å²) in [6, 6.07) is 5.61. The molecular formula is C13H14N2O. The Bertz CT molecular complexity index is 465. The largest absolute Gasteiger partial charge is 0.377 e. The number of para-hydroxylation sites is 1. The normalized spacial score (nSPS) is 22.0. The van der Waals surface area contributed by atoms with Gasteiger partial charge in [-0.05, 0) is 11.6 Å². The number of rotatable bonds is 3. The van der Waals surface area contributed by atoms with Gasteiger partial charge in [0.15, 0.2) is 0 Å². The standard InChI is InChI=1S/C13H14N2O/c1-3-8-9-6-5-7-10(13(14)16)12(9)15-11(8)4-2/h3-8,11,15H,1-2H2,(H2,14,16). The van der Waals surface area contributed by atoms with Crippen LogP contribution >= 0.6 is 0 Å². The molecule has 1 aromatic rings. The van der Waals surface area contributed by atoms with Gasteiger partial charge in [-0.15, -0.1) is 13.2 Å². The van der Waals surface area contributed by atoms with Crippen LogP contribution < -0.4 is 11.1 Å². The van der Waals surface area contributed by atoms with Crippen molar-refractivity contribution in [2.75, 3.05) is 5.32 Å². The second kappa shape index (κ2) is 3.85. The van der Waals surface area contributed by atoms with Crippen LogP contribution in [0.2, 0.25) is 0 Å². The maximum absolute atomic E-state index is 11.3. The second-order valence-electron chi connectivity index (χ2n) is 3.80. The molecule has 0 radical (unpaired) electrons. The van der Waals surface area contributed by atoms with Gasteiger partial charge in [0.05, 0.1) is 17.3 Å². The van der Waals surface area contributed by atoms with Crippen molar-refractivity contribution < 1.29 is 4.79 Å². The molecule has 82 valence electrons. The summed E-state index contributed by atoms with van der Waals surface area (Å²) in [7, 11) is 0. The molecule has 3 heteroatoms. The van der Waals surface area contributed by atoms with Crippen LogP contribution in [0.1, 0.15) is 21.8 Å². The number of nitrogens with one attached hydrogen (secondary N) is 1. The minimum atomic E-state index is -0.420. The SMILES string of the molecule is C=CC1Nc2c(C(N)=O)cccc2C1C=C. The number of nitrogens with two attached hydrogens (primary N) is 1. The first-order valence-corrected chi connectivity index (χ1v) is 5.13. The van der Waals surface area contributed by atoms with E-state index in [2.05, 4.69) is 18.5 Å². The monoisotopic (exact) mass is 214 g/mol. The summed E-state index contributed by atoms with van der Waals surface area (Å²) >= 11 is 0. The van der Waals surface area contributed by atoms with Gasteiger partial charge in [-0.2, -0.15) is 0 Å². The van der Waals surface area contributed by atoms with Crippen molar-refractivity contribution in [3.05, 3.63) is 54.6 Å². The Balaban J connectivity index is 2.56. The fourth-order valence-electron chi connectivity index (χ4n) is 2.14. The third-order valence-electron chi connectivity index (χ3n) is 2.93. The summed E-state index contributed by atoms with van der Waals surface area (Å²) in [5.41, 5.74) is 7.71. The van der Waals surface area contributed by atoms with Crippen molar-refractivity contribution in [1.82, 2.24) is 0 Å². The van der Waals surface area contributed by atoms with Crippen molar-refractivity contribution in [3.8, 4) is 0 Å². The molecule has 1 heterocycles. The Morgan fingerprint density at radius 1 is 1.38 bits per heavy atom. The number of carbonyl (C=O) groups is 1. The van der Waals surface area contributed by atoms with E-state index in [1.165, 1.54) is 0 Å². The Morgan fingerprint density at radius 3 is 2.69 bits per heavy atom. The summed E-state index contributed by atoms with van der Waals surface area (Å²) in [5.74, 6) is -0.274. The lowest BCUT2D eigenvalue weighted by atomic mass is 9.94. The fraction of sp³-hybridized carbons (Fsp3) is 0.154. The number of hydrogen-bond acceptors (Lipinski definition) is 2. The van der Waals surface area contributed by atoms with Crippen LogP contribution in [0, 0.1) is 0 Å². The topological polar surface area (TPSA) is 55.1 Å². The van der Waals surface area contributed by atoms with Gasteiger partial charge in [0, 0.05) is 5.92 Å². The average Bonchev–Trinajstić information content (AvgIpc) is 2.65. The van der Waals surface area contributed by atoms with Crippen molar-refractivity contribution in [1.29, 1.82) is 0 Å². The van der Waals surface area contributed by atoms with Crippen LogP contribution in [0.4, 0.5) is 5.69 Å². The molecule has 3 N–H and O–H groups in total. The van der Waals surface area contributed by atoms with Gasteiger partial charge in [-0.25, -0.2) is 0 Å². The molecule has 2 atom stereocenters. The molecule has 0 saturated heterocycles. The van der Waals surface area contributed by atoms with Gasteiger partial charge in [-0.3, -0.25) is 4.79 Å². The van der Waals surface area contributed by atoms with Crippen molar-refractivity contribution in [3.63, 3.8) is 0 Å². The molecule has 16 heavy (non-hydrogen) atoms. The second-order valence-corrected chi connectivity index (χ2v) is 3.80. The molecule has 0 aliphatic carbocycles. The summed E-state index contributed by atoms with van der Waals surface area (Å²) in [6.45, 7) is 7.58. The number of amides is 1. The Hall–Kier alpha value is -2.03. The third-order valence-corrected chi connectivity index (χ3v) is 2.93. The molecule has 1 aliphatic heterocycles. The van der Waals surface area contributed by atoms with Crippen molar-refractivity contribution >= 4 is 11.6 Å². The summed E-state index contributed by atoms with van der Waals surface area (Å²) in [6.07, 6.45) is 3.67. The number of benzene rings is 1. The summed E-state index contributed by atoms with van der Waals surface area (Å²) < 4.78 is 0. The van der Waals surface area contributed by atoms with Gasteiger partial charge in [-0.1, -0.05) is 24.3 Å². The maximum atomic E-state index is 11.3. The smallest absolute Gasteiger partial charge is 0.250 e. The van der Waals surface area contributed by atoms with E-state index >= 15 is 0 Å². The molecule has 1 amide bonds. The summed E-state index contributed by atoms with van der Waals surface area (Å²) in [5, 5.41) is 3.24. The van der Waals surface area contributed by atoms with E-state index in [-0.39, 0.29) is 12.0 Å². The zero-order chi connectivity index (χ0) is 11.7. The van der Waals surface area contributed by atoms with Crippen LogP contribution in [0.3, 0.4) is 0 Å². The molecule has 1 aromatic carbocycles. The molecule has 3 nitrogen and oxygen atoms in total. The Morgan fingerprint density at radius 2 is 2.12 bits per heavy atom. The van der Waals surface area contributed by atoms with Gasteiger partial charge in [0.25, 0.3) is 5.91 Å². The van der Waals surface area contributed by atoms with Crippen LogP contribution in [-0.4, -0.2) is 11.9 Å². The highest BCUT2D eigenvalue weighted by molar-refractivity contribution is 6.00. The zero-order valence-corrected chi connectivity index (χ0v) is 8.94. The van der Waals surface area contributed by atoms with E-state index < -0.39 is 5.91 Å². The van der Waals surface area contributed by atoms with Crippen LogP contribution in [0.5, 0.6) is 0 Å². The van der Waals surface area contributed by atoms with E-state index in [9.17, 15) is 4.79 Å². The van der Waals surface area contributed by atoms with Crippen molar-refractivity contribution in [2.24, 2.45) is 5.73 Å². The first kappa shape index (κ1) is 10.5. The highest BCUT2D eigenvalue weighted by Crippen LogP contribution is 2.39. The van der Waals surface area contributed by atoms with Crippen molar-refractivity contribution in [2.45, 2.75) is 12.0 Å². The predicted octanol–water partition coefficient (Wildman–Crippen LogP) is 2.04. The van der Waals surface area contributed by atoms with Crippen LogP contribution in [0.15, 0.2) is 43.5 Å². The van der Waals surface area contributed by atoms with E-state index in [4.69, 9.17) is 5.73 Å². The predicted molar refractivity (Wildman–Crippen MR) is 65.5 cm³/mol. The van der Waals surface area contributed by atoms with E-state index in [1.54, 1.807) is 6.07 Å². The number of anilines is 1. The van der Waals surface area contributed by atoms with Gasteiger partial charge < -0.3 is 11.1 Å². The fourth-order valence-corrected chi connectivity index (χ4v) is 2.14. The number of hydrogen-bond donors (Lipinski definition) is 2. The molecule has 2 rings (SSSR count). The lowest BCUT2D eigenvalue weighted by molar-refractivity contribution is 0.100. The molecule has 0 bridgehead atoms. The minimum Gasteiger partial charge on any atom is -0.377 e. The van der Waals surface area contributed by atoms with Gasteiger partial charge in [0.1, 0.15) is 0 Å².